The van der Waals surface area contributed by atoms with E-state index >= 15 is 0 Å². The zero-order valence-corrected chi connectivity index (χ0v) is 19.3. The van der Waals surface area contributed by atoms with E-state index in [1.165, 1.54) is 48.8 Å². The summed E-state index contributed by atoms with van der Waals surface area (Å²) >= 11 is 2.82. The van der Waals surface area contributed by atoms with Gasteiger partial charge in [-0.15, -0.1) is 10.2 Å². The maximum absolute atomic E-state index is 12.5. The van der Waals surface area contributed by atoms with Crippen LogP contribution in [0.25, 0.3) is 0 Å². The average Bonchev–Trinajstić information content (AvgIpc) is 3.53. The second-order valence-electron chi connectivity index (χ2n) is 8.07. The maximum atomic E-state index is 12.5. The molecule has 9 nitrogen and oxygen atoms in total. The summed E-state index contributed by atoms with van der Waals surface area (Å²) in [4.78, 5) is 28.7. The summed E-state index contributed by atoms with van der Waals surface area (Å²) in [5, 5.41) is 15.8. The first-order valence-corrected chi connectivity index (χ1v) is 12.6. The molecule has 0 bridgehead atoms. The van der Waals surface area contributed by atoms with Gasteiger partial charge in [0.15, 0.2) is 10.2 Å². The van der Waals surface area contributed by atoms with Crippen LogP contribution in [-0.2, 0) is 9.59 Å². The van der Waals surface area contributed by atoms with Gasteiger partial charge in [-0.05, 0) is 19.3 Å². The minimum Gasteiger partial charge on any atom is -0.360 e. The first kappa shape index (κ1) is 22.1. The van der Waals surface area contributed by atoms with Crippen molar-refractivity contribution in [2.75, 3.05) is 42.1 Å². The molecule has 1 saturated heterocycles. The van der Waals surface area contributed by atoms with Gasteiger partial charge in [0.1, 0.15) is 5.76 Å². The summed E-state index contributed by atoms with van der Waals surface area (Å²) in [6, 6.07) is 1.67. The zero-order chi connectivity index (χ0) is 21.6. The SMILES string of the molecule is Cc1cc(NC(=O)CSc2nnc(N3CCN(C(=O)CCC4CCCC4)CC3)s2)no1. The van der Waals surface area contributed by atoms with Crippen molar-refractivity contribution >= 4 is 45.9 Å². The number of aryl methyl sites for hydroxylation is 1. The second-order valence-corrected chi connectivity index (χ2v) is 10.2. The van der Waals surface area contributed by atoms with Crippen LogP contribution in [0.1, 0.15) is 44.3 Å². The van der Waals surface area contributed by atoms with Crippen molar-refractivity contribution in [3.8, 4) is 0 Å². The number of aromatic nitrogens is 3. The standard InChI is InChI=1S/C20H28N6O3S2/c1-14-12-16(24-29-14)21-17(27)13-30-20-23-22-19(31-20)26-10-8-25(9-11-26)18(28)7-6-15-4-2-3-5-15/h12,15H,2-11,13H2,1H3,(H,21,24,27). The summed E-state index contributed by atoms with van der Waals surface area (Å²) in [6.45, 7) is 4.75. The van der Waals surface area contributed by atoms with Crippen molar-refractivity contribution in [3.05, 3.63) is 11.8 Å². The van der Waals surface area contributed by atoms with Crippen LogP contribution >= 0.6 is 23.1 Å². The highest BCUT2D eigenvalue weighted by atomic mass is 32.2. The summed E-state index contributed by atoms with van der Waals surface area (Å²) in [5.74, 6) is 2.16. The van der Waals surface area contributed by atoms with Crippen molar-refractivity contribution in [2.45, 2.75) is 49.8 Å². The third-order valence-electron chi connectivity index (χ3n) is 5.76. The molecule has 1 aliphatic carbocycles. The van der Waals surface area contributed by atoms with Crippen LogP contribution in [0, 0.1) is 12.8 Å². The fourth-order valence-corrected chi connectivity index (χ4v) is 5.74. The maximum Gasteiger partial charge on any atom is 0.236 e. The number of hydrogen-bond donors (Lipinski definition) is 1. The Bertz CT molecular complexity index is 887. The van der Waals surface area contributed by atoms with Gasteiger partial charge in [0, 0.05) is 38.7 Å². The predicted molar refractivity (Wildman–Crippen MR) is 120 cm³/mol. The van der Waals surface area contributed by atoms with Crippen molar-refractivity contribution < 1.29 is 14.1 Å². The number of carbonyl (C=O) groups is 2. The quantitative estimate of drug-likeness (QED) is 0.594. The first-order chi connectivity index (χ1) is 15.1. The molecule has 4 rings (SSSR count). The lowest BCUT2D eigenvalue weighted by Crippen LogP contribution is -2.48. The fourth-order valence-electron chi connectivity index (χ4n) is 4.05. The Hall–Kier alpha value is -2.14. The van der Waals surface area contributed by atoms with E-state index in [0.717, 1.165) is 48.0 Å². The fraction of sp³-hybridized carbons (Fsp3) is 0.650. The van der Waals surface area contributed by atoms with Gasteiger partial charge in [-0.1, -0.05) is 53.9 Å². The van der Waals surface area contributed by atoms with Crippen molar-refractivity contribution in [1.29, 1.82) is 0 Å². The Morgan fingerprint density at radius 1 is 1.23 bits per heavy atom. The van der Waals surface area contributed by atoms with Crippen LogP contribution in [0.4, 0.5) is 10.9 Å². The van der Waals surface area contributed by atoms with E-state index in [2.05, 4.69) is 25.6 Å². The van der Waals surface area contributed by atoms with Gasteiger partial charge in [0.25, 0.3) is 0 Å². The average molecular weight is 465 g/mol. The number of rotatable bonds is 8. The lowest BCUT2D eigenvalue weighted by atomic mass is 10.0. The molecule has 3 heterocycles. The van der Waals surface area contributed by atoms with E-state index in [1.54, 1.807) is 13.0 Å². The van der Waals surface area contributed by atoms with Gasteiger partial charge in [-0.2, -0.15) is 0 Å². The Balaban J connectivity index is 1.18. The van der Waals surface area contributed by atoms with Crippen LogP contribution in [0.3, 0.4) is 0 Å². The number of thioether (sulfide) groups is 1. The topological polar surface area (TPSA) is 104 Å². The number of nitrogens with zero attached hydrogens (tertiary/aromatic N) is 5. The van der Waals surface area contributed by atoms with E-state index in [0.29, 0.717) is 18.0 Å². The lowest BCUT2D eigenvalue weighted by molar-refractivity contribution is -0.131. The number of carbonyl (C=O) groups excluding carboxylic acids is 2. The Morgan fingerprint density at radius 2 is 2.00 bits per heavy atom. The van der Waals surface area contributed by atoms with Crippen molar-refractivity contribution in [3.63, 3.8) is 0 Å². The molecule has 11 heteroatoms. The van der Waals surface area contributed by atoms with Gasteiger partial charge < -0.3 is 19.6 Å². The minimum atomic E-state index is -0.167. The number of amides is 2. The minimum absolute atomic E-state index is 0.167. The van der Waals surface area contributed by atoms with Crippen molar-refractivity contribution in [1.82, 2.24) is 20.3 Å². The number of hydrogen-bond acceptors (Lipinski definition) is 9. The van der Waals surface area contributed by atoms with E-state index < -0.39 is 0 Å². The highest BCUT2D eigenvalue weighted by molar-refractivity contribution is 8.01. The van der Waals surface area contributed by atoms with E-state index in [1.807, 2.05) is 4.90 Å². The molecule has 1 saturated carbocycles. The molecule has 2 fully saturated rings. The molecule has 2 amide bonds. The van der Waals surface area contributed by atoms with Gasteiger partial charge in [-0.3, -0.25) is 9.59 Å². The van der Waals surface area contributed by atoms with Gasteiger partial charge >= 0.3 is 0 Å². The number of piperazine rings is 1. The molecule has 0 atom stereocenters. The molecule has 2 aliphatic rings. The molecule has 2 aromatic rings. The van der Waals surface area contributed by atoms with E-state index in [4.69, 9.17) is 4.52 Å². The molecule has 0 radical (unpaired) electrons. The summed E-state index contributed by atoms with van der Waals surface area (Å²) in [5.41, 5.74) is 0. The molecule has 1 aliphatic heterocycles. The molecule has 0 spiro atoms. The van der Waals surface area contributed by atoms with Gasteiger partial charge in [0.2, 0.25) is 16.9 Å². The second kappa shape index (κ2) is 10.4. The predicted octanol–water partition coefficient (Wildman–Crippen LogP) is 3.18. The molecule has 0 aromatic carbocycles. The molecule has 168 valence electrons. The Morgan fingerprint density at radius 3 is 2.71 bits per heavy atom. The van der Waals surface area contributed by atoms with Crippen LogP contribution in [0.15, 0.2) is 14.9 Å². The number of anilines is 2. The third kappa shape index (κ3) is 6.19. The first-order valence-electron chi connectivity index (χ1n) is 10.8. The smallest absolute Gasteiger partial charge is 0.236 e. The highest BCUT2D eigenvalue weighted by Gasteiger charge is 2.24. The monoisotopic (exact) mass is 464 g/mol. The van der Waals surface area contributed by atoms with E-state index in [9.17, 15) is 9.59 Å². The largest absolute Gasteiger partial charge is 0.360 e. The van der Waals surface area contributed by atoms with Gasteiger partial charge in [0.05, 0.1) is 5.75 Å². The third-order valence-corrected chi connectivity index (χ3v) is 7.88. The molecule has 2 aromatic heterocycles. The van der Waals surface area contributed by atoms with Crippen LogP contribution < -0.4 is 10.2 Å². The molecular formula is C20H28N6O3S2. The van der Waals surface area contributed by atoms with Crippen LogP contribution in [-0.4, -0.2) is 64.0 Å². The highest BCUT2D eigenvalue weighted by Crippen LogP contribution is 2.30. The summed E-state index contributed by atoms with van der Waals surface area (Å²) in [7, 11) is 0. The van der Waals surface area contributed by atoms with Gasteiger partial charge in [-0.25, -0.2) is 0 Å². The normalized spacial score (nSPS) is 17.3. The molecule has 0 unspecified atom stereocenters. The molecule has 1 N–H and O–H groups in total. The van der Waals surface area contributed by atoms with E-state index in [-0.39, 0.29) is 17.6 Å². The lowest BCUT2D eigenvalue weighted by Gasteiger charge is -2.34. The van der Waals surface area contributed by atoms with Crippen molar-refractivity contribution in [2.24, 2.45) is 5.92 Å². The summed E-state index contributed by atoms with van der Waals surface area (Å²) in [6.07, 6.45) is 6.96. The number of nitrogens with one attached hydrogen (secondary N) is 1. The van der Waals surface area contributed by atoms with Crippen LogP contribution in [0.2, 0.25) is 0 Å². The molecular weight excluding hydrogens is 436 g/mol. The zero-order valence-electron chi connectivity index (χ0n) is 17.7. The van der Waals surface area contributed by atoms with Crippen LogP contribution in [0.5, 0.6) is 0 Å². The summed E-state index contributed by atoms with van der Waals surface area (Å²) < 4.78 is 5.68. The Kier molecular flexibility index (Phi) is 7.44. The Labute approximate surface area is 189 Å². The molecule has 31 heavy (non-hydrogen) atoms.